The van der Waals surface area contributed by atoms with Crippen LogP contribution in [0.15, 0.2) is 34.9 Å². The minimum Gasteiger partial charge on any atom is -0.397 e. The lowest BCUT2D eigenvalue weighted by molar-refractivity contribution is 1.03. The number of aromatic nitrogens is 1. The van der Waals surface area contributed by atoms with E-state index in [0.717, 1.165) is 28.8 Å². The van der Waals surface area contributed by atoms with Gasteiger partial charge in [0.05, 0.1) is 16.4 Å². The first kappa shape index (κ1) is 13.9. The highest BCUT2D eigenvalue weighted by molar-refractivity contribution is 9.10. The second-order valence-corrected chi connectivity index (χ2v) is 5.27. The van der Waals surface area contributed by atoms with Gasteiger partial charge in [-0.3, -0.25) is 0 Å². The molecule has 0 bridgehead atoms. The lowest BCUT2D eigenvalue weighted by atomic mass is 10.1. The zero-order valence-electron chi connectivity index (χ0n) is 11.2. The largest absolute Gasteiger partial charge is 0.397 e. The van der Waals surface area contributed by atoms with Gasteiger partial charge in [0.25, 0.3) is 0 Å². The van der Waals surface area contributed by atoms with E-state index in [9.17, 15) is 0 Å². The van der Waals surface area contributed by atoms with Gasteiger partial charge in [0, 0.05) is 6.54 Å². The maximum atomic E-state index is 5.82. The van der Waals surface area contributed by atoms with Crippen LogP contribution in [0, 0.1) is 6.92 Å². The van der Waals surface area contributed by atoms with Gasteiger partial charge in [-0.1, -0.05) is 31.2 Å². The van der Waals surface area contributed by atoms with Gasteiger partial charge in [-0.15, -0.1) is 0 Å². The van der Waals surface area contributed by atoms with E-state index in [2.05, 4.69) is 57.4 Å². The fourth-order valence-corrected chi connectivity index (χ4v) is 2.44. The number of rotatable bonds is 4. The van der Waals surface area contributed by atoms with Crippen molar-refractivity contribution in [3.63, 3.8) is 0 Å². The molecule has 1 aromatic carbocycles. The second-order valence-electron chi connectivity index (χ2n) is 4.48. The van der Waals surface area contributed by atoms with Crippen LogP contribution in [0.1, 0.15) is 23.6 Å². The molecule has 1 aromatic heterocycles. The van der Waals surface area contributed by atoms with E-state index in [0.29, 0.717) is 5.69 Å². The van der Waals surface area contributed by atoms with Crippen molar-refractivity contribution in [2.24, 2.45) is 0 Å². The molecule has 100 valence electrons. The summed E-state index contributed by atoms with van der Waals surface area (Å²) < 4.78 is 0.932. The van der Waals surface area contributed by atoms with Crippen molar-refractivity contribution < 1.29 is 0 Å². The SMILES string of the molecule is CCc1ccccc1CNc1ncc(N)c(C)c1Br. The number of halogens is 1. The molecular formula is C15H18BrN3. The highest BCUT2D eigenvalue weighted by atomic mass is 79.9. The van der Waals surface area contributed by atoms with Crippen LogP contribution in [0.5, 0.6) is 0 Å². The molecule has 0 unspecified atom stereocenters. The van der Waals surface area contributed by atoms with E-state index in [1.165, 1.54) is 11.1 Å². The van der Waals surface area contributed by atoms with Gasteiger partial charge in [-0.05, 0) is 46.0 Å². The van der Waals surface area contributed by atoms with Crippen LogP contribution in [0.25, 0.3) is 0 Å². The summed E-state index contributed by atoms with van der Waals surface area (Å²) in [6.07, 6.45) is 2.72. The Morgan fingerprint density at radius 2 is 1.95 bits per heavy atom. The predicted molar refractivity (Wildman–Crippen MR) is 84.2 cm³/mol. The van der Waals surface area contributed by atoms with Gasteiger partial charge in [0.15, 0.2) is 0 Å². The van der Waals surface area contributed by atoms with Crippen LogP contribution >= 0.6 is 15.9 Å². The fourth-order valence-electron chi connectivity index (χ4n) is 1.97. The van der Waals surface area contributed by atoms with Crippen LogP contribution < -0.4 is 11.1 Å². The van der Waals surface area contributed by atoms with Gasteiger partial charge in [-0.25, -0.2) is 4.98 Å². The van der Waals surface area contributed by atoms with Crippen LogP contribution in [0.3, 0.4) is 0 Å². The first-order valence-electron chi connectivity index (χ1n) is 6.34. The monoisotopic (exact) mass is 319 g/mol. The summed E-state index contributed by atoms with van der Waals surface area (Å²) in [5, 5.41) is 3.36. The number of pyridine rings is 1. The summed E-state index contributed by atoms with van der Waals surface area (Å²) >= 11 is 3.54. The van der Waals surface area contributed by atoms with Gasteiger partial charge in [-0.2, -0.15) is 0 Å². The highest BCUT2D eigenvalue weighted by Gasteiger charge is 2.07. The minimum absolute atomic E-state index is 0.700. The quantitative estimate of drug-likeness (QED) is 0.898. The summed E-state index contributed by atoms with van der Waals surface area (Å²) in [5.41, 5.74) is 10.2. The molecule has 4 heteroatoms. The Labute approximate surface area is 122 Å². The molecule has 0 atom stereocenters. The summed E-state index contributed by atoms with van der Waals surface area (Å²) in [4.78, 5) is 4.33. The molecule has 19 heavy (non-hydrogen) atoms. The van der Waals surface area contributed by atoms with Crippen molar-refractivity contribution in [3.8, 4) is 0 Å². The zero-order chi connectivity index (χ0) is 13.8. The summed E-state index contributed by atoms with van der Waals surface area (Å²) in [6, 6.07) is 8.44. The Morgan fingerprint density at radius 3 is 2.63 bits per heavy atom. The number of hydrogen-bond acceptors (Lipinski definition) is 3. The average molecular weight is 320 g/mol. The van der Waals surface area contributed by atoms with Crippen LogP contribution in [0.2, 0.25) is 0 Å². The molecule has 3 nitrogen and oxygen atoms in total. The van der Waals surface area contributed by atoms with Gasteiger partial charge in [0.2, 0.25) is 0 Å². The standard InChI is InChI=1S/C15H18BrN3/c1-3-11-6-4-5-7-12(11)8-18-15-14(16)10(2)13(17)9-19-15/h4-7,9H,3,8,17H2,1-2H3,(H,18,19). The second kappa shape index (κ2) is 6.06. The Bertz CT molecular complexity index is 582. The first-order valence-corrected chi connectivity index (χ1v) is 7.14. The summed E-state index contributed by atoms with van der Waals surface area (Å²) in [5.74, 6) is 0.831. The van der Waals surface area contributed by atoms with E-state index in [4.69, 9.17) is 5.73 Å². The zero-order valence-corrected chi connectivity index (χ0v) is 12.8. The minimum atomic E-state index is 0.700. The predicted octanol–water partition coefficient (Wildman–Crippen LogP) is 3.91. The van der Waals surface area contributed by atoms with E-state index >= 15 is 0 Å². The molecule has 0 saturated carbocycles. The van der Waals surface area contributed by atoms with Gasteiger partial charge in [0.1, 0.15) is 5.82 Å². The molecule has 0 aliphatic heterocycles. The Balaban J connectivity index is 2.17. The number of hydrogen-bond donors (Lipinski definition) is 2. The molecule has 2 aromatic rings. The summed E-state index contributed by atoms with van der Waals surface area (Å²) in [6.45, 7) is 4.91. The third kappa shape index (κ3) is 3.07. The average Bonchev–Trinajstić information content (AvgIpc) is 2.44. The molecule has 0 aliphatic rings. The van der Waals surface area contributed by atoms with Crippen molar-refractivity contribution >= 4 is 27.4 Å². The van der Waals surface area contributed by atoms with E-state index < -0.39 is 0 Å². The molecule has 0 spiro atoms. The van der Waals surface area contributed by atoms with Crippen molar-refractivity contribution in [1.29, 1.82) is 0 Å². The topological polar surface area (TPSA) is 50.9 Å². The van der Waals surface area contributed by atoms with Crippen molar-refractivity contribution in [3.05, 3.63) is 51.6 Å². The normalized spacial score (nSPS) is 10.5. The Hall–Kier alpha value is -1.55. The highest BCUT2D eigenvalue weighted by Crippen LogP contribution is 2.28. The maximum absolute atomic E-state index is 5.82. The number of anilines is 2. The molecule has 0 amide bonds. The third-order valence-corrected chi connectivity index (χ3v) is 4.22. The van der Waals surface area contributed by atoms with Crippen molar-refractivity contribution in [1.82, 2.24) is 4.98 Å². The fraction of sp³-hybridized carbons (Fsp3) is 0.267. The molecule has 3 N–H and O–H groups in total. The van der Waals surface area contributed by atoms with Gasteiger partial charge >= 0.3 is 0 Å². The number of nitrogens with one attached hydrogen (secondary N) is 1. The number of aryl methyl sites for hydroxylation is 1. The number of nitrogens with two attached hydrogens (primary N) is 1. The van der Waals surface area contributed by atoms with Gasteiger partial charge < -0.3 is 11.1 Å². The number of benzene rings is 1. The van der Waals surface area contributed by atoms with E-state index in [-0.39, 0.29) is 0 Å². The van der Waals surface area contributed by atoms with Crippen LogP contribution in [0.4, 0.5) is 11.5 Å². The third-order valence-electron chi connectivity index (χ3n) is 3.25. The van der Waals surface area contributed by atoms with Crippen molar-refractivity contribution in [2.45, 2.75) is 26.8 Å². The molecule has 0 aliphatic carbocycles. The van der Waals surface area contributed by atoms with Crippen LogP contribution in [-0.4, -0.2) is 4.98 Å². The number of nitrogen functional groups attached to an aromatic ring is 1. The Kier molecular flexibility index (Phi) is 4.43. The van der Waals surface area contributed by atoms with Crippen molar-refractivity contribution in [2.75, 3.05) is 11.1 Å². The lowest BCUT2D eigenvalue weighted by Gasteiger charge is -2.12. The molecule has 0 fully saturated rings. The molecule has 2 rings (SSSR count). The summed E-state index contributed by atoms with van der Waals surface area (Å²) in [7, 11) is 0. The van der Waals surface area contributed by atoms with E-state index in [1.54, 1.807) is 6.20 Å². The molecule has 0 radical (unpaired) electrons. The Morgan fingerprint density at radius 1 is 1.26 bits per heavy atom. The number of nitrogens with zero attached hydrogens (tertiary/aromatic N) is 1. The molecular weight excluding hydrogens is 302 g/mol. The molecule has 0 saturated heterocycles. The molecule has 1 heterocycles. The first-order chi connectivity index (χ1) is 9.13. The smallest absolute Gasteiger partial charge is 0.140 e. The lowest BCUT2D eigenvalue weighted by Crippen LogP contribution is -2.06. The maximum Gasteiger partial charge on any atom is 0.140 e. The van der Waals surface area contributed by atoms with Crippen LogP contribution in [-0.2, 0) is 13.0 Å². The van der Waals surface area contributed by atoms with E-state index in [1.807, 2.05) is 6.92 Å².